The number of hydrogen-bond donors (Lipinski definition) is 0. The van der Waals surface area contributed by atoms with Gasteiger partial charge in [0.1, 0.15) is 5.78 Å². The lowest BCUT2D eigenvalue weighted by Crippen LogP contribution is -2.23. The molecule has 2 rings (SSSR count). The van der Waals surface area contributed by atoms with Crippen LogP contribution in [0, 0.1) is 23.2 Å². The highest BCUT2D eigenvalue weighted by atomic mass is 16.1. The summed E-state index contributed by atoms with van der Waals surface area (Å²) in [5.74, 6) is 2.51. The van der Waals surface area contributed by atoms with Crippen LogP contribution in [0.4, 0.5) is 0 Å². The Hall–Kier alpha value is -0.330. The smallest absolute Gasteiger partial charge is 0.136 e. The van der Waals surface area contributed by atoms with Crippen LogP contribution in [0.1, 0.15) is 52.9 Å². The number of Topliss-reactive ketones (excluding diaryl/α,β-unsaturated/α-hetero) is 1. The van der Waals surface area contributed by atoms with Gasteiger partial charge in [0.05, 0.1) is 0 Å². The summed E-state index contributed by atoms with van der Waals surface area (Å²) in [7, 11) is 0. The van der Waals surface area contributed by atoms with Crippen molar-refractivity contribution in [1.29, 1.82) is 0 Å². The first-order chi connectivity index (χ1) is 6.48. The SMILES string of the molecule is CC(C)(C)C1CC2CCCC(=O)C2C1. The van der Waals surface area contributed by atoms with E-state index in [1.807, 2.05) is 0 Å². The second kappa shape index (κ2) is 3.36. The Morgan fingerprint density at radius 1 is 1.21 bits per heavy atom. The number of hydrogen-bond acceptors (Lipinski definition) is 1. The van der Waals surface area contributed by atoms with Crippen molar-refractivity contribution in [2.24, 2.45) is 23.2 Å². The van der Waals surface area contributed by atoms with Crippen molar-refractivity contribution >= 4 is 5.78 Å². The van der Waals surface area contributed by atoms with Crippen LogP contribution in [-0.2, 0) is 4.79 Å². The summed E-state index contributed by atoms with van der Waals surface area (Å²) in [6, 6.07) is 0. The van der Waals surface area contributed by atoms with Gasteiger partial charge >= 0.3 is 0 Å². The minimum Gasteiger partial charge on any atom is -0.299 e. The predicted octanol–water partition coefficient (Wildman–Crippen LogP) is 3.43. The van der Waals surface area contributed by atoms with Crippen LogP contribution in [0.3, 0.4) is 0 Å². The van der Waals surface area contributed by atoms with E-state index in [2.05, 4.69) is 20.8 Å². The average Bonchev–Trinajstić information content (AvgIpc) is 2.48. The van der Waals surface area contributed by atoms with E-state index in [4.69, 9.17) is 0 Å². The lowest BCUT2D eigenvalue weighted by Gasteiger charge is -2.26. The van der Waals surface area contributed by atoms with Crippen molar-refractivity contribution in [3.8, 4) is 0 Å². The van der Waals surface area contributed by atoms with Gasteiger partial charge in [-0.15, -0.1) is 0 Å². The van der Waals surface area contributed by atoms with Gasteiger partial charge in [-0.05, 0) is 42.9 Å². The first kappa shape index (κ1) is 10.2. The molecular weight excluding hydrogens is 172 g/mol. The molecule has 80 valence electrons. The molecule has 0 bridgehead atoms. The molecule has 2 aliphatic carbocycles. The van der Waals surface area contributed by atoms with Crippen LogP contribution < -0.4 is 0 Å². The number of carbonyl (C=O) groups excluding carboxylic acids is 1. The summed E-state index contributed by atoms with van der Waals surface area (Å²) >= 11 is 0. The molecule has 2 saturated carbocycles. The summed E-state index contributed by atoms with van der Waals surface area (Å²) in [4.78, 5) is 11.7. The molecule has 3 atom stereocenters. The molecule has 0 aliphatic heterocycles. The quantitative estimate of drug-likeness (QED) is 0.577. The predicted molar refractivity (Wildman–Crippen MR) is 58.0 cm³/mol. The molecule has 0 amide bonds. The third-order valence-electron chi connectivity index (χ3n) is 4.33. The highest BCUT2D eigenvalue weighted by Crippen LogP contribution is 2.49. The molecule has 0 aromatic heterocycles. The first-order valence-electron chi connectivity index (χ1n) is 6.01. The van der Waals surface area contributed by atoms with E-state index in [1.165, 1.54) is 19.3 Å². The summed E-state index contributed by atoms with van der Waals surface area (Å²) in [5, 5.41) is 0. The largest absolute Gasteiger partial charge is 0.299 e. The van der Waals surface area contributed by atoms with Gasteiger partial charge < -0.3 is 0 Å². The van der Waals surface area contributed by atoms with Gasteiger partial charge in [0.15, 0.2) is 0 Å². The fourth-order valence-corrected chi connectivity index (χ4v) is 3.27. The topological polar surface area (TPSA) is 17.1 Å². The van der Waals surface area contributed by atoms with E-state index >= 15 is 0 Å². The molecule has 2 aliphatic rings. The van der Waals surface area contributed by atoms with Crippen molar-refractivity contribution in [2.75, 3.05) is 0 Å². The Morgan fingerprint density at radius 2 is 1.93 bits per heavy atom. The number of fused-ring (bicyclic) bond motifs is 1. The standard InChI is InChI=1S/C13H22O/c1-13(2,3)10-7-9-5-4-6-12(14)11(9)8-10/h9-11H,4-8H2,1-3H3. The van der Waals surface area contributed by atoms with Gasteiger partial charge in [-0.1, -0.05) is 20.8 Å². The van der Waals surface area contributed by atoms with Gasteiger partial charge in [-0.2, -0.15) is 0 Å². The minimum atomic E-state index is 0.400. The second-order valence-corrected chi connectivity index (χ2v) is 6.26. The van der Waals surface area contributed by atoms with Gasteiger partial charge in [0.2, 0.25) is 0 Å². The Morgan fingerprint density at radius 3 is 2.50 bits per heavy atom. The van der Waals surface area contributed by atoms with Crippen LogP contribution in [0.25, 0.3) is 0 Å². The molecule has 1 heteroatoms. The molecule has 0 aromatic carbocycles. The van der Waals surface area contributed by atoms with Crippen molar-refractivity contribution in [3.05, 3.63) is 0 Å². The van der Waals surface area contributed by atoms with Gasteiger partial charge in [-0.25, -0.2) is 0 Å². The molecule has 0 saturated heterocycles. The lowest BCUT2D eigenvalue weighted by atomic mass is 9.79. The number of ketones is 1. The number of carbonyl (C=O) groups is 1. The Kier molecular flexibility index (Phi) is 2.45. The van der Waals surface area contributed by atoms with Crippen molar-refractivity contribution in [3.63, 3.8) is 0 Å². The molecule has 2 fully saturated rings. The second-order valence-electron chi connectivity index (χ2n) is 6.26. The Balaban J connectivity index is 2.08. The van der Waals surface area contributed by atoms with Gasteiger partial charge in [0.25, 0.3) is 0 Å². The van der Waals surface area contributed by atoms with E-state index in [9.17, 15) is 4.79 Å². The third-order valence-corrected chi connectivity index (χ3v) is 4.33. The Labute approximate surface area is 87.3 Å². The molecule has 1 nitrogen and oxygen atoms in total. The van der Waals surface area contributed by atoms with Gasteiger partial charge in [-0.3, -0.25) is 4.79 Å². The number of rotatable bonds is 0. The van der Waals surface area contributed by atoms with Crippen molar-refractivity contribution in [2.45, 2.75) is 52.9 Å². The van der Waals surface area contributed by atoms with Crippen LogP contribution in [0.5, 0.6) is 0 Å². The minimum absolute atomic E-state index is 0.400. The summed E-state index contributed by atoms with van der Waals surface area (Å²) < 4.78 is 0. The molecule has 0 heterocycles. The summed E-state index contributed by atoms with van der Waals surface area (Å²) in [6.45, 7) is 6.96. The molecular formula is C13H22O. The summed E-state index contributed by atoms with van der Waals surface area (Å²) in [5.41, 5.74) is 0.400. The maximum Gasteiger partial charge on any atom is 0.136 e. The van der Waals surface area contributed by atoms with Crippen LogP contribution in [0.2, 0.25) is 0 Å². The normalized spacial score (nSPS) is 38.5. The average molecular weight is 194 g/mol. The van der Waals surface area contributed by atoms with E-state index in [0.29, 0.717) is 17.1 Å². The maximum atomic E-state index is 11.7. The maximum absolute atomic E-state index is 11.7. The van der Waals surface area contributed by atoms with E-state index in [1.54, 1.807) is 0 Å². The lowest BCUT2D eigenvalue weighted by molar-refractivity contribution is -0.125. The van der Waals surface area contributed by atoms with Crippen molar-refractivity contribution in [1.82, 2.24) is 0 Å². The zero-order valence-electron chi connectivity index (χ0n) is 9.68. The molecule has 3 unspecified atom stereocenters. The third kappa shape index (κ3) is 1.74. The molecule has 0 spiro atoms. The fraction of sp³-hybridized carbons (Fsp3) is 0.923. The Bertz CT molecular complexity index is 236. The van der Waals surface area contributed by atoms with E-state index in [0.717, 1.165) is 24.7 Å². The molecule has 0 radical (unpaired) electrons. The zero-order valence-corrected chi connectivity index (χ0v) is 9.68. The molecule has 14 heavy (non-hydrogen) atoms. The first-order valence-corrected chi connectivity index (χ1v) is 6.01. The highest BCUT2D eigenvalue weighted by molar-refractivity contribution is 5.82. The van der Waals surface area contributed by atoms with Crippen LogP contribution in [-0.4, -0.2) is 5.78 Å². The fourth-order valence-electron chi connectivity index (χ4n) is 3.27. The molecule has 0 N–H and O–H groups in total. The van der Waals surface area contributed by atoms with E-state index < -0.39 is 0 Å². The highest BCUT2D eigenvalue weighted by Gasteiger charge is 2.43. The summed E-state index contributed by atoms with van der Waals surface area (Å²) in [6.07, 6.45) is 5.80. The van der Waals surface area contributed by atoms with Crippen LogP contribution >= 0.6 is 0 Å². The molecule has 0 aromatic rings. The van der Waals surface area contributed by atoms with Crippen molar-refractivity contribution < 1.29 is 4.79 Å². The zero-order chi connectivity index (χ0) is 10.3. The van der Waals surface area contributed by atoms with E-state index in [-0.39, 0.29) is 0 Å². The van der Waals surface area contributed by atoms with Crippen LogP contribution in [0.15, 0.2) is 0 Å². The van der Waals surface area contributed by atoms with Gasteiger partial charge in [0, 0.05) is 12.3 Å². The monoisotopic (exact) mass is 194 g/mol.